The summed E-state index contributed by atoms with van der Waals surface area (Å²) in [6.07, 6.45) is 1.30. The van der Waals surface area contributed by atoms with Crippen LogP contribution < -0.4 is 9.62 Å². The molecule has 0 saturated carbocycles. The summed E-state index contributed by atoms with van der Waals surface area (Å²) < 4.78 is 39.1. The number of benzene rings is 2. The van der Waals surface area contributed by atoms with Crippen LogP contribution in [0.2, 0.25) is 5.02 Å². The van der Waals surface area contributed by atoms with Crippen molar-refractivity contribution in [1.82, 2.24) is 0 Å². The Morgan fingerprint density at radius 3 is 2.35 bits per heavy atom. The zero-order valence-electron chi connectivity index (χ0n) is 14.7. The lowest BCUT2D eigenvalue weighted by Gasteiger charge is -2.30. The van der Waals surface area contributed by atoms with E-state index in [1.807, 2.05) is 6.92 Å². The van der Waals surface area contributed by atoms with Crippen LogP contribution in [0.5, 0.6) is 0 Å². The second-order valence-corrected chi connectivity index (χ2v) is 8.20. The highest BCUT2D eigenvalue weighted by atomic mass is 35.5. The van der Waals surface area contributed by atoms with Crippen LogP contribution >= 0.6 is 11.6 Å². The van der Waals surface area contributed by atoms with Crippen LogP contribution in [0.3, 0.4) is 0 Å². The molecule has 2 aromatic carbocycles. The van der Waals surface area contributed by atoms with Gasteiger partial charge in [-0.3, -0.25) is 9.10 Å². The summed E-state index contributed by atoms with van der Waals surface area (Å²) in [7, 11) is -3.71. The number of nitrogens with zero attached hydrogens (tertiary/aromatic N) is 1. The summed E-state index contributed by atoms with van der Waals surface area (Å²) in [5.74, 6) is -1.13. The van der Waals surface area contributed by atoms with Gasteiger partial charge in [0.15, 0.2) is 0 Å². The number of rotatable bonds is 6. The van der Waals surface area contributed by atoms with Crippen LogP contribution in [0.4, 0.5) is 15.8 Å². The summed E-state index contributed by atoms with van der Waals surface area (Å²) in [4.78, 5) is 12.7. The Bertz CT molecular complexity index is 901. The van der Waals surface area contributed by atoms with E-state index in [-0.39, 0.29) is 17.1 Å². The molecule has 26 heavy (non-hydrogen) atoms. The SMILES string of the molecule is CCC(C(=O)Nc1ccc(F)c(Cl)c1)N(c1ccc(C)cc1)S(C)(=O)=O. The van der Waals surface area contributed by atoms with E-state index in [1.165, 1.54) is 12.1 Å². The fourth-order valence-electron chi connectivity index (χ4n) is 2.55. The average Bonchev–Trinajstić information content (AvgIpc) is 2.56. The molecule has 1 unspecified atom stereocenters. The van der Waals surface area contributed by atoms with Gasteiger partial charge in [0, 0.05) is 5.69 Å². The van der Waals surface area contributed by atoms with Crippen molar-refractivity contribution in [2.24, 2.45) is 0 Å². The lowest BCUT2D eigenvalue weighted by molar-refractivity contribution is -0.117. The van der Waals surface area contributed by atoms with E-state index in [0.29, 0.717) is 5.69 Å². The van der Waals surface area contributed by atoms with Crippen LogP contribution in [0.1, 0.15) is 18.9 Å². The van der Waals surface area contributed by atoms with Crippen molar-refractivity contribution in [3.05, 3.63) is 58.9 Å². The molecule has 0 aromatic heterocycles. The summed E-state index contributed by atoms with van der Waals surface area (Å²) in [6.45, 7) is 3.60. The van der Waals surface area contributed by atoms with Gasteiger partial charge in [-0.25, -0.2) is 12.8 Å². The van der Waals surface area contributed by atoms with Gasteiger partial charge in [0.2, 0.25) is 15.9 Å². The molecule has 0 saturated heterocycles. The second kappa shape index (κ2) is 8.05. The summed E-state index contributed by atoms with van der Waals surface area (Å²) in [5.41, 5.74) is 1.66. The molecular formula is C18H20ClFN2O3S. The first kappa shape index (κ1) is 20.2. The Hall–Kier alpha value is -2.12. The fourth-order valence-corrected chi connectivity index (χ4v) is 3.94. The third-order valence-corrected chi connectivity index (χ3v) is 5.27. The maximum Gasteiger partial charge on any atom is 0.248 e. The van der Waals surface area contributed by atoms with Gasteiger partial charge >= 0.3 is 0 Å². The minimum atomic E-state index is -3.71. The number of nitrogens with one attached hydrogen (secondary N) is 1. The number of hydrogen-bond acceptors (Lipinski definition) is 3. The molecule has 8 heteroatoms. The van der Waals surface area contributed by atoms with Gasteiger partial charge in [-0.2, -0.15) is 0 Å². The lowest BCUT2D eigenvalue weighted by Crippen LogP contribution is -2.47. The van der Waals surface area contributed by atoms with Gasteiger partial charge in [0.25, 0.3) is 0 Å². The van der Waals surface area contributed by atoms with Crippen molar-refractivity contribution in [1.29, 1.82) is 0 Å². The van der Waals surface area contributed by atoms with Gasteiger partial charge < -0.3 is 5.32 Å². The van der Waals surface area contributed by atoms with Gasteiger partial charge in [-0.15, -0.1) is 0 Å². The molecule has 0 radical (unpaired) electrons. The number of carbonyl (C=O) groups is 1. The monoisotopic (exact) mass is 398 g/mol. The van der Waals surface area contributed by atoms with E-state index in [0.717, 1.165) is 22.2 Å². The highest BCUT2D eigenvalue weighted by Crippen LogP contribution is 2.25. The first-order valence-electron chi connectivity index (χ1n) is 7.95. The molecule has 0 aliphatic rings. The molecule has 0 spiro atoms. The largest absolute Gasteiger partial charge is 0.324 e. The molecule has 0 aliphatic heterocycles. The van der Waals surface area contributed by atoms with E-state index < -0.39 is 27.8 Å². The molecule has 2 rings (SSSR count). The number of sulfonamides is 1. The Morgan fingerprint density at radius 2 is 1.85 bits per heavy atom. The predicted octanol–water partition coefficient (Wildman–Crippen LogP) is 3.97. The third-order valence-electron chi connectivity index (χ3n) is 3.81. The van der Waals surface area contributed by atoms with Crippen LogP contribution in [0.25, 0.3) is 0 Å². The van der Waals surface area contributed by atoms with Gasteiger partial charge in [-0.1, -0.05) is 36.2 Å². The molecule has 140 valence electrons. The molecule has 1 amide bonds. The lowest BCUT2D eigenvalue weighted by atomic mass is 10.1. The van der Waals surface area contributed by atoms with Crippen LogP contribution in [-0.2, 0) is 14.8 Å². The normalized spacial score (nSPS) is 12.5. The highest BCUT2D eigenvalue weighted by Gasteiger charge is 2.31. The maximum absolute atomic E-state index is 13.3. The van der Waals surface area contributed by atoms with E-state index in [9.17, 15) is 17.6 Å². The van der Waals surface area contributed by atoms with Gasteiger partial charge in [0.1, 0.15) is 11.9 Å². The Balaban J connectivity index is 2.36. The van der Waals surface area contributed by atoms with Crippen LogP contribution in [0.15, 0.2) is 42.5 Å². The van der Waals surface area contributed by atoms with E-state index in [2.05, 4.69) is 5.32 Å². The average molecular weight is 399 g/mol. The molecule has 0 heterocycles. The minimum Gasteiger partial charge on any atom is -0.324 e. The molecule has 5 nitrogen and oxygen atoms in total. The number of anilines is 2. The Morgan fingerprint density at radius 1 is 1.23 bits per heavy atom. The number of amides is 1. The van der Waals surface area contributed by atoms with Crippen molar-refractivity contribution in [2.45, 2.75) is 26.3 Å². The zero-order valence-corrected chi connectivity index (χ0v) is 16.2. The molecular weight excluding hydrogens is 379 g/mol. The first-order chi connectivity index (χ1) is 12.1. The van der Waals surface area contributed by atoms with E-state index >= 15 is 0 Å². The number of hydrogen-bond donors (Lipinski definition) is 1. The van der Waals surface area contributed by atoms with Crippen molar-refractivity contribution >= 4 is 38.9 Å². The second-order valence-electron chi connectivity index (χ2n) is 5.94. The minimum absolute atomic E-state index is 0.130. The summed E-state index contributed by atoms with van der Waals surface area (Å²) in [6, 6.07) is 9.67. The smallest absolute Gasteiger partial charge is 0.248 e. The molecule has 1 atom stereocenters. The summed E-state index contributed by atoms with van der Waals surface area (Å²) in [5, 5.41) is 2.47. The quantitative estimate of drug-likeness (QED) is 0.800. The number of carbonyl (C=O) groups excluding carboxylic acids is 1. The van der Waals surface area contributed by atoms with Crippen molar-refractivity contribution in [3.8, 4) is 0 Å². The van der Waals surface area contributed by atoms with Crippen molar-refractivity contribution < 1.29 is 17.6 Å². The third kappa shape index (κ3) is 4.74. The van der Waals surface area contributed by atoms with Crippen molar-refractivity contribution in [3.63, 3.8) is 0 Å². The zero-order chi connectivity index (χ0) is 19.5. The maximum atomic E-state index is 13.3. The molecule has 0 bridgehead atoms. The summed E-state index contributed by atoms with van der Waals surface area (Å²) >= 11 is 5.72. The Labute approximate surface area is 157 Å². The Kier molecular flexibility index (Phi) is 6.26. The molecule has 0 fully saturated rings. The number of aryl methyl sites for hydroxylation is 1. The first-order valence-corrected chi connectivity index (χ1v) is 10.2. The predicted molar refractivity (Wildman–Crippen MR) is 103 cm³/mol. The van der Waals surface area contributed by atoms with Crippen LogP contribution in [0, 0.1) is 12.7 Å². The molecule has 2 aromatic rings. The standard InChI is InChI=1S/C18H20ClFN2O3S/c1-4-17(18(23)21-13-7-10-16(20)15(19)11-13)22(26(3,24)25)14-8-5-12(2)6-9-14/h5-11,17H,4H2,1-3H3,(H,21,23). The molecule has 1 N–H and O–H groups in total. The number of halogens is 2. The van der Waals surface area contributed by atoms with E-state index in [1.54, 1.807) is 31.2 Å². The topological polar surface area (TPSA) is 66.5 Å². The highest BCUT2D eigenvalue weighted by molar-refractivity contribution is 7.92. The van der Waals surface area contributed by atoms with Crippen LogP contribution in [-0.4, -0.2) is 26.6 Å². The fraction of sp³-hybridized carbons (Fsp3) is 0.278. The van der Waals surface area contributed by atoms with E-state index in [4.69, 9.17) is 11.6 Å². The molecule has 0 aliphatic carbocycles. The van der Waals surface area contributed by atoms with Crippen molar-refractivity contribution in [2.75, 3.05) is 15.9 Å². The van der Waals surface area contributed by atoms with Gasteiger partial charge in [0.05, 0.1) is 17.0 Å². The van der Waals surface area contributed by atoms with Gasteiger partial charge in [-0.05, 0) is 43.7 Å².